The number of nitrogens with one attached hydrogen (secondary N) is 1. The first-order valence-electron chi connectivity index (χ1n) is 10.0. The van der Waals surface area contributed by atoms with Gasteiger partial charge < -0.3 is 10.2 Å². The van der Waals surface area contributed by atoms with Gasteiger partial charge in [-0.15, -0.1) is 0 Å². The van der Waals surface area contributed by atoms with E-state index in [2.05, 4.69) is 34.6 Å². The molecule has 2 aromatic carbocycles. The van der Waals surface area contributed by atoms with E-state index >= 15 is 0 Å². The molecule has 1 heterocycles. The van der Waals surface area contributed by atoms with E-state index in [-0.39, 0.29) is 17.9 Å². The van der Waals surface area contributed by atoms with Crippen LogP contribution >= 0.6 is 0 Å². The van der Waals surface area contributed by atoms with Crippen LogP contribution in [0.1, 0.15) is 35.3 Å². The molecular weight excluding hydrogens is 374 g/mol. The van der Waals surface area contributed by atoms with Crippen molar-refractivity contribution < 1.29 is 9.59 Å². The summed E-state index contributed by atoms with van der Waals surface area (Å²) in [6, 6.07) is 19.8. The van der Waals surface area contributed by atoms with Crippen LogP contribution in [-0.4, -0.2) is 34.8 Å². The fourth-order valence-electron chi connectivity index (χ4n) is 3.47. The lowest BCUT2D eigenvalue weighted by Crippen LogP contribution is -2.31. The summed E-state index contributed by atoms with van der Waals surface area (Å²) in [6.07, 6.45) is 4.27. The largest absolute Gasteiger partial charge is 0.354 e. The lowest BCUT2D eigenvalue weighted by Gasteiger charge is -2.17. The highest BCUT2D eigenvalue weighted by Crippen LogP contribution is 2.22. The molecule has 0 bridgehead atoms. The molecule has 1 N–H and O–H groups in total. The lowest BCUT2D eigenvalue weighted by atomic mass is 9.99. The number of benzene rings is 2. The minimum Gasteiger partial charge on any atom is -0.354 e. The molecule has 1 unspecified atom stereocenters. The molecule has 5 heteroatoms. The first-order valence-corrected chi connectivity index (χ1v) is 10.0. The Balaban J connectivity index is 1.70. The van der Waals surface area contributed by atoms with Gasteiger partial charge in [0.1, 0.15) is 0 Å². The number of pyridine rings is 1. The number of amides is 2. The molecule has 154 valence electrons. The maximum absolute atomic E-state index is 12.9. The van der Waals surface area contributed by atoms with E-state index in [1.807, 2.05) is 43.3 Å². The molecular formula is C25H27N3O2. The van der Waals surface area contributed by atoms with Crippen molar-refractivity contribution in [3.8, 4) is 11.1 Å². The average molecular weight is 402 g/mol. The summed E-state index contributed by atoms with van der Waals surface area (Å²) in [5.74, 6) is -0.0458. The summed E-state index contributed by atoms with van der Waals surface area (Å²) < 4.78 is 0. The number of hydrogen-bond donors (Lipinski definition) is 1. The summed E-state index contributed by atoms with van der Waals surface area (Å²) >= 11 is 0. The molecule has 0 aliphatic heterocycles. The van der Waals surface area contributed by atoms with Gasteiger partial charge in [0.25, 0.3) is 5.91 Å². The molecule has 0 saturated heterocycles. The minimum atomic E-state index is -0.0264. The van der Waals surface area contributed by atoms with E-state index in [0.717, 1.165) is 28.7 Å². The molecule has 5 nitrogen and oxygen atoms in total. The average Bonchev–Trinajstić information content (AvgIpc) is 2.74. The predicted molar refractivity (Wildman–Crippen MR) is 119 cm³/mol. The first-order chi connectivity index (χ1) is 14.4. The van der Waals surface area contributed by atoms with Crippen LogP contribution in [0.25, 0.3) is 11.1 Å². The van der Waals surface area contributed by atoms with Gasteiger partial charge in [0, 0.05) is 44.5 Å². The summed E-state index contributed by atoms with van der Waals surface area (Å²) in [5.41, 5.74) is 4.85. The van der Waals surface area contributed by atoms with Crippen LogP contribution in [-0.2, 0) is 17.8 Å². The molecule has 0 aliphatic carbocycles. The quantitative estimate of drug-likeness (QED) is 0.649. The molecule has 0 fully saturated rings. The van der Waals surface area contributed by atoms with Gasteiger partial charge in [-0.05, 0) is 53.8 Å². The van der Waals surface area contributed by atoms with Crippen molar-refractivity contribution in [1.82, 2.24) is 15.2 Å². The van der Waals surface area contributed by atoms with E-state index < -0.39 is 0 Å². The second-order valence-corrected chi connectivity index (χ2v) is 7.61. The van der Waals surface area contributed by atoms with Crippen molar-refractivity contribution in [3.63, 3.8) is 0 Å². The maximum Gasteiger partial charge on any atom is 0.253 e. The first kappa shape index (κ1) is 21.2. The van der Waals surface area contributed by atoms with Crippen LogP contribution in [0.15, 0.2) is 73.1 Å². The summed E-state index contributed by atoms with van der Waals surface area (Å²) in [5, 5.41) is 2.90. The zero-order valence-corrected chi connectivity index (χ0v) is 17.6. The Labute approximate surface area is 177 Å². The zero-order valence-electron chi connectivity index (χ0n) is 17.6. The van der Waals surface area contributed by atoms with Gasteiger partial charge in [0.15, 0.2) is 0 Å². The molecule has 3 aromatic rings. The molecule has 30 heavy (non-hydrogen) atoms. The lowest BCUT2D eigenvalue weighted by molar-refractivity contribution is -0.119. The van der Waals surface area contributed by atoms with Crippen LogP contribution in [0, 0.1) is 0 Å². The minimum absolute atomic E-state index is 0.0194. The third-order valence-electron chi connectivity index (χ3n) is 4.88. The predicted octanol–water partition coefficient (Wildman–Crippen LogP) is 4.09. The number of rotatable bonds is 7. The van der Waals surface area contributed by atoms with E-state index in [1.165, 1.54) is 6.92 Å². The highest BCUT2D eigenvalue weighted by Gasteiger charge is 2.13. The highest BCUT2D eigenvalue weighted by molar-refractivity contribution is 5.95. The van der Waals surface area contributed by atoms with Crippen molar-refractivity contribution in [1.29, 1.82) is 0 Å². The molecule has 0 saturated carbocycles. The second-order valence-electron chi connectivity index (χ2n) is 7.61. The number of nitrogens with zero attached hydrogens (tertiary/aromatic N) is 2. The molecule has 0 radical (unpaired) electrons. The van der Waals surface area contributed by atoms with Crippen molar-refractivity contribution >= 4 is 11.8 Å². The van der Waals surface area contributed by atoms with Gasteiger partial charge in [-0.25, -0.2) is 0 Å². The SMILES string of the molecule is CC(=O)NC(C)Cc1ccc(-c2cccc(C(=O)N(C)Cc3cccnc3)c2)cc1. The van der Waals surface area contributed by atoms with Crippen LogP contribution in [0.2, 0.25) is 0 Å². The standard InChI is InChI=1S/C25H27N3O2/c1-18(27-19(2)29)14-20-9-11-22(12-10-20)23-7-4-8-24(15-23)25(30)28(3)17-21-6-5-13-26-16-21/h4-13,15-16,18H,14,17H2,1-3H3,(H,27,29). The number of carbonyl (C=O) groups excluding carboxylic acids is 2. The van der Waals surface area contributed by atoms with Crippen molar-refractivity contribution in [3.05, 3.63) is 89.7 Å². The Hall–Kier alpha value is -3.47. The summed E-state index contributed by atoms with van der Waals surface area (Å²) in [6.45, 7) is 4.03. The van der Waals surface area contributed by atoms with Gasteiger partial charge in [-0.1, -0.05) is 42.5 Å². The van der Waals surface area contributed by atoms with Crippen LogP contribution in [0.3, 0.4) is 0 Å². The normalized spacial score (nSPS) is 11.6. The van der Waals surface area contributed by atoms with E-state index in [1.54, 1.807) is 24.3 Å². The van der Waals surface area contributed by atoms with E-state index in [4.69, 9.17) is 0 Å². The summed E-state index contributed by atoms with van der Waals surface area (Å²) in [7, 11) is 1.80. The van der Waals surface area contributed by atoms with Gasteiger partial charge >= 0.3 is 0 Å². The number of hydrogen-bond acceptors (Lipinski definition) is 3. The van der Waals surface area contributed by atoms with Crippen molar-refractivity contribution in [2.75, 3.05) is 7.05 Å². The third-order valence-corrected chi connectivity index (χ3v) is 4.88. The summed E-state index contributed by atoms with van der Waals surface area (Å²) in [4.78, 5) is 29.8. The van der Waals surface area contributed by atoms with E-state index in [9.17, 15) is 9.59 Å². The fourth-order valence-corrected chi connectivity index (χ4v) is 3.47. The molecule has 0 aliphatic rings. The Bertz CT molecular complexity index is 1000. The monoisotopic (exact) mass is 401 g/mol. The fraction of sp³-hybridized carbons (Fsp3) is 0.240. The van der Waals surface area contributed by atoms with E-state index in [0.29, 0.717) is 12.1 Å². The Morgan fingerprint density at radius 2 is 1.77 bits per heavy atom. The molecule has 0 spiro atoms. The Morgan fingerprint density at radius 3 is 2.43 bits per heavy atom. The van der Waals surface area contributed by atoms with Gasteiger partial charge in [0.05, 0.1) is 0 Å². The molecule has 1 aromatic heterocycles. The Kier molecular flexibility index (Phi) is 6.96. The van der Waals surface area contributed by atoms with Crippen LogP contribution in [0.4, 0.5) is 0 Å². The number of carbonyl (C=O) groups is 2. The molecule has 3 rings (SSSR count). The van der Waals surface area contributed by atoms with Gasteiger partial charge in [-0.3, -0.25) is 14.6 Å². The molecule has 1 atom stereocenters. The van der Waals surface area contributed by atoms with Crippen molar-refractivity contribution in [2.24, 2.45) is 0 Å². The number of aromatic nitrogens is 1. The smallest absolute Gasteiger partial charge is 0.253 e. The second kappa shape index (κ2) is 9.83. The highest BCUT2D eigenvalue weighted by atomic mass is 16.2. The Morgan fingerprint density at radius 1 is 1.00 bits per heavy atom. The van der Waals surface area contributed by atoms with Crippen LogP contribution in [0.5, 0.6) is 0 Å². The maximum atomic E-state index is 12.9. The third kappa shape index (κ3) is 5.77. The van der Waals surface area contributed by atoms with Crippen LogP contribution < -0.4 is 5.32 Å². The topological polar surface area (TPSA) is 62.3 Å². The van der Waals surface area contributed by atoms with Gasteiger partial charge in [0.2, 0.25) is 5.91 Å². The molecule has 2 amide bonds. The zero-order chi connectivity index (χ0) is 21.5. The van der Waals surface area contributed by atoms with Crippen molar-refractivity contribution in [2.45, 2.75) is 32.9 Å². The van der Waals surface area contributed by atoms with Gasteiger partial charge in [-0.2, -0.15) is 0 Å².